The average molecular weight is 251 g/mol. The summed E-state index contributed by atoms with van der Waals surface area (Å²) in [5.74, 6) is 0.839. The van der Waals surface area contributed by atoms with Gasteiger partial charge < -0.3 is 5.11 Å². The SMILES string of the molecule is Oc1ccc(Sc2ccc(CCl)cc2)cc1. The minimum absolute atomic E-state index is 0.293. The molecule has 2 rings (SSSR count). The Bertz CT molecular complexity index is 450. The number of halogens is 1. The van der Waals surface area contributed by atoms with Crippen LogP contribution < -0.4 is 0 Å². The lowest BCUT2D eigenvalue weighted by atomic mass is 10.2. The van der Waals surface area contributed by atoms with Gasteiger partial charge in [-0.05, 0) is 42.0 Å². The molecule has 0 aliphatic carbocycles. The molecule has 16 heavy (non-hydrogen) atoms. The lowest BCUT2D eigenvalue weighted by Gasteiger charge is -2.02. The van der Waals surface area contributed by atoms with Crippen LogP contribution in [0.2, 0.25) is 0 Å². The zero-order valence-electron chi connectivity index (χ0n) is 8.56. The Morgan fingerprint density at radius 3 is 1.88 bits per heavy atom. The summed E-state index contributed by atoms with van der Waals surface area (Å²) in [6.07, 6.45) is 0. The zero-order chi connectivity index (χ0) is 11.4. The molecular formula is C13H11ClOS. The summed E-state index contributed by atoms with van der Waals surface area (Å²) in [4.78, 5) is 2.27. The van der Waals surface area contributed by atoms with Gasteiger partial charge in [-0.15, -0.1) is 11.6 Å². The summed E-state index contributed by atoms with van der Waals surface area (Å²) in [5, 5.41) is 9.17. The van der Waals surface area contributed by atoms with Crippen LogP contribution in [0, 0.1) is 0 Å². The summed E-state index contributed by atoms with van der Waals surface area (Å²) in [5.41, 5.74) is 1.12. The molecule has 0 unspecified atom stereocenters. The van der Waals surface area contributed by atoms with Gasteiger partial charge in [-0.25, -0.2) is 0 Å². The molecule has 1 N–H and O–H groups in total. The monoisotopic (exact) mass is 250 g/mol. The normalized spacial score (nSPS) is 10.3. The fraction of sp³-hybridized carbons (Fsp3) is 0.0769. The van der Waals surface area contributed by atoms with E-state index >= 15 is 0 Å². The Morgan fingerprint density at radius 2 is 1.38 bits per heavy atom. The van der Waals surface area contributed by atoms with Crippen molar-refractivity contribution >= 4 is 23.4 Å². The third kappa shape index (κ3) is 2.94. The van der Waals surface area contributed by atoms with Crippen molar-refractivity contribution in [3.8, 4) is 5.75 Å². The maximum absolute atomic E-state index is 9.17. The van der Waals surface area contributed by atoms with E-state index in [4.69, 9.17) is 16.7 Å². The van der Waals surface area contributed by atoms with Crippen LogP contribution in [0.5, 0.6) is 5.75 Å². The molecule has 3 heteroatoms. The van der Waals surface area contributed by atoms with E-state index in [-0.39, 0.29) is 0 Å². The van der Waals surface area contributed by atoms with Crippen molar-refractivity contribution in [2.24, 2.45) is 0 Å². The van der Waals surface area contributed by atoms with Crippen LogP contribution in [-0.2, 0) is 5.88 Å². The van der Waals surface area contributed by atoms with Gasteiger partial charge in [0.15, 0.2) is 0 Å². The lowest BCUT2D eigenvalue weighted by Crippen LogP contribution is -1.77. The Balaban J connectivity index is 2.11. The summed E-state index contributed by atoms with van der Waals surface area (Å²) >= 11 is 7.38. The molecule has 0 heterocycles. The van der Waals surface area contributed by atoms with Crippen molar-refractivity contribution in [2.45, 2.75) is 15.7 Å². The number of aromatic hydroxyl groups is 1. The van der Waals surface area contributed by atoms with E-state index in [1.54, 1.807) is 23.9 Å². The summed E-state index contributed by atoms with van der Waals surface area (Å²) in [7, 11) is 0. The van der Waals surface area contributed by atoms with Crippen LogP contribution in [0.3, 0.4) is 0 Å². The van der Waals surface area contributed by atoms with Crippen LogP contribution in [0.1, 0.15) is 5.56 Å². The Kier molecular flexibility index (Phi) is 3.75. The highest BCUT2D eigenvalue weighted by Gasteiger charge is 1.98. The maximum atomic E-state index is 9.17. The first-order valence-electron chi connectivity index (χ1n) is 4.90. The van der Waals surface area contributed by atoms with E-state index < -0.39 is 0 Å². The fourth-order valence-electron chi connectivity index (χ4n) is 1.30. The average Bonchev–Trinajstić information content (AvgIpc) is 2.33. The van der Waals surface area contributed by atoms with Gasteiger partial charge in [0.2, 0.25) is 0 Å². The largest absolute Gasteiger partial charge is 0.508 e. The van der Waals surface area contributed by atoms with Gasteiger partial charge in [-0.2, -0.15) is 0 Å². The third-order valence-electron chi connectivity index (χ3n) is 2.15. The highest BCUT2D eigenvalue weighted by Crippen LogP contribution is 2.28. The van der Waals surface area contributed by atoms with Crippen molar-refractivity contribution in [1.82, 2.24) is 0 Å². The molecule has 0 aliphatic heterocycles. The van der Waals surface area contributed by atoms with Gasteiger partial charge in [-0.3, -0.25) is 0 Å². The zero-order valence-corrected chi connectivity index (χ0v) is 10.1. The van der Waals surface area contributed by atoms with Gasteiger partial charge >= 0.3 is 0 Å². The molecule has 0 aliphatic rings. The predicted molar refractivity (Wildman–Crippen MR) is 68.2 cm³/mol. The minimum atomic E-state index is 0.293. The number of benzene rings is 2. The molecule has 0 bridgehead atoms. The van der Waals surface area contributed by atoms with Crippen LogP contribution in [-0.4, -0.2) is 5.11 Å². The smallest absolute Gasteiger partial charge is 0.115 e. The molecule has 2 aromatic rings. The molecule has 0 radical (unpaired) electrons. The lowest BCUT2D eigenvalue weighted by molar-refractivity contribution is 0.475. The molecule has 82 valence electrons. The van der Waals surface area contributed by atoms with Gasteiger partial charge in [0, 0.05) is 15.7 Å². The van der Waals surface area contributed by atoms with Crippen molar-refractivity contribution in [2.75, 3.05) is 0 Å². The molecule has 0 atom stereocenters. The van der Waals surface area contributed by atoms with Gasteiger partial charge in [0.05, 0.1) is 0 Å². The van der Waals surface area contributed by atoms with Gasteiger partial charge in [-0.1, -0.05) is 23.9 Å². The third-order valence-corrected chi connectivity index (χ3v) is 3.47. The summed E-state index contributed by atoms with van der Waals surface area (Å²) in [6, 6.07) is 15.3. The Labute approximate surface area is 104 Å². The molecule has 1 nitrogen and oxygen atoms in total. The predicted octanol–water partition coefficient (Wildman–Crippen LogP) is 4.28. The summed E-state index contributed by atoms with van der Waals surface area (Å²) in [6.45, 7) is 0. The van der Waals surface area contributed by atoms with Gasteiger partial charge in [0.1, 0.15) is 5.75 Å². The summed E-state index contributed by atoms with van der Waals surface area (Å²) < 4.78 is 0. The van der Waals surface area contributed by atoms with E-state index in [0.29, 0.717) is 11.6 Å². The second-order valence-electron chi connectivity index (χ2n) is 3.37. The van der Waals surface area contributed by atoms with Crippen molar-refractivity contribution in [3.05, 3.63) is 54.1 Å². The van der Waals surface area contributed by atoms with Crippen LogP contribution >= 0.6 is 23.4 Å². The molecule has 0 amide bonds. The van der Waals surface area contributed by atoms with E-state index in [1.807, 2.05) is 24.3 Å². The van der Waals surface area contributed by atoms with E-state index in [9.17, 15) is 0 Å². The van der Waals surface area contributed by atoms with E-state index in [1.165, 1.54) is 4.90 Å². The standard InChI is InChI=1S/C13H11ClOS/c14-9-10-1-5-12(6-2-10)16-13-7-3-11(15)4-8-13/h1-8,15H,9H2. The van der Waals surface area contributed by atoms with Gasteiger partial charge in [0.25, 0.3) is 0 Å². The second kappa shape index (κ2) is 5.28. The molecule has 0 saturated heterocycles. The topological polar surface area (TPSA) is 20.2 Å². The van der Waals surface area contributed by atoms with Crippen molar-refractivity contribution < 1.29 is 5.11 Å². The van der Waals surface area contributed by atoms with Crippen LogP contribution in [0.25, 0.3) is 0 Å². The quantitative estimate of drug-likeness (QED) is 0.821. The fourth-order valence-corrected chi connectivity index (χ4v) is 2.29. The minimum Gasteiger partial charge on any atom is -0.508 e. The van der Waals surface area contributed by atoms with E-state index in [0.717, 1.165) is 10.5 Å². The maximum Gasteiger partial charge on any atom is 0.115 e. The second-order valence-corrected chi connectivity index (χ2v) is 4.79. The number of hydrogen-bond donors (Lipinski definition) is 1. The number of phenolic OH excluding ortho intramolecular Hbond substituents is 1. The Hall–Kier alpha value is -1.12. The first-order chi connectivity index (χ1) is 7.78. The van der Waals surface area contributed by atoms with Crippen LogP contribution in [0.15, 0.2) is 58.3 Å². The van der Waals surface area contributed by atoms with Crippen molar-refractivity contribution in [1.29, 1.82) is 0 Å². The number of alkyl halides is 1. The molecule has 0 aromatic heterocycles. The van der Waals surface area contributed by atoms with Crippen molar-refractivity contribution in [3.63, 3.8) is 0 Å². The van der Waals surface area contributed by atoms with Crippen LogP contribution in [0.4, 0.5) is 0 Å². The first kappa shape index (κ1) is 11.4. The number of phenols is 1. The molecule has 2 aromatic carbocycles. The Morgan fingerprint density at radius 1 is 0.875 bits per heavy atom. The molecule has 0 spiro atoms. The highest BCUT2D eigenvalue weighted by molar-refractivity contribution is 7.99. The molecule has 0 saturated carbocycles. The molecular weight excluding hydrogens is 240 g/mol. The number of rotatable bonds is 3. The molecule has 0 fully saturated rings. The van der Waals surface area contributed by atoms with E-state index in [2.05, 4.69) is 12.1 Å². The number of hydrogen-bond acceptors (Lipinski definition) is 2. The highest BCUT2D eigenvalue weighted by atomic mass is 35.5. The first-order valence-corrected chi connectivity index (χ1v) is 6.25.